The van der Waals surface area contributed by atoms with Crippen molar-refractivity contribution in [2.75, 3.05) is 5.73 Å². The molecule has 0 saturated heterocycles. The summed E-state index contributed by atoms with van der Waals surface area (Å²) >= 11 is 5.84. The van der Waals surface area contributed by atoms with Gasteiger partial charge in [-0.2, -0.15) is 5.10 Å². The van der Waals surface area contributed by atoms with Gasteiger partial charge in [0, 0.05) is 0 Å². The number of hydrogen-bond acceptors (Lipinski definition) is 2. The molecule has 1 aromatic rings. The smallest absolute Gasteiger partial charge is 0.140 e. The molecule has 14 heavy (non-hydrogen) atoms. The monoisotopic (exact) mass is 215 g/mol. The molecule has 4 heteroatoms. The van der Waals surface area contributed by atoms with Crippen LogP contribution in [0.15, 0.2) is 6.20 Å². The highest BCUT2D eigenvalue weighted by Gasteiger charge is 2.19. The molecule has 0 fully saturated rings. The highest BCUT2D eigenvalue weighted by molar-refractivity contribution is 6.32. The molecule has 0 bridgehead atoms. The number of anilines is 1. The first kappa shape index (κ1) is 11.4. The van der Waals surface area contributed by atoms with Gasteiger partial charge >= 0.3 is 0 Å². The van der Waals surface area contributed by atoms with E-state index in [0.29, 0.717) is 10.8 Å². The average Bonchev–Trinajstić information content (AvgIpc) is 2.29. The Balaban J connectivity index is 2.80. The van der Waals surface area contributed by atoms with Crippen molar-refractivity contribution >= 4 is 17.4 Å². The molecule has 0 amide bonds. The van der Waals surface area contributed by atoms with Crippen LogP contribution in [0.25, 0.3) is 0 Å². The second-order valence-electron chi connectivity index (χ2n) is 4.94. The number of rotatable bonds is 2. The van der Waals surface area contributed by atoms with Gasteiger partial charge in [0.1, 0.15) is 10.8 Å². The third-order valence-corrected chi connectivity index (χ3v) is 2.40. The summed E-state index contributed by atoms with van der Waals surface area (Å²) in [5, 5.41) is 4.69. The molecule has 1 rings (SSSR count). The van der Waals surface area contributed by atoms with Crippen LogP contribution in [0.5, 0.6) is 0 Å². The predicted octanol–water partition coefficient (Wildman–Crippen LogP) is 3.12. The van der Waals surface area contributed by atoms with Crippen LogP contribution in [0.4, 0.5) is 5.82 Å². The minimum Gasteiger partial charge on any atom is -0.383 e. The molecule has 0 aliphatic carbocycles. The third-order valence-electron chi connectivity index (χ3n) is 2.11. The third kappa shape index (κ3) is 2.64. The topological polar surface area (TPSA) is 43.8 Å². The summed E-state index contributed by atoms with van der Waals surface area (Å²) < 4.78 is 1.79. The zero-order valence-corrected chi connectivity index (χ0v) is 9.97. The van der Waals surface area contributed by atoms with Gasteiger partial charge in [-0.1, -0.05) is 32.4 Å². The highest BCUT2D eigenvalue weighted by Crippen LogP contribution is 2.30. The van der Waals surface area contributed by atoms with E-state index in [2.05, 4.69) is 32.8 Å². The van der Waals surface area contributed by atoms with Gasteiger partial charge in [-0.25, -0.2) is 4.68 Å². The molecule has 1 unspecified atom stereocenters. The second-order valence-corrected chi connectivity index (χ2v) is 5.34. The summed E-state index contributed by atoms with van der Waals surface area (Å²) in [6.45, 7) is 8.70. The van der Waals surface area contributed by atoms with E-state index >= 15 is 0 Å². The highest BCUT2D eigenvalue weighted by atomic mass is 35.5. The van der Waals surface area contributed by atoms with Crippen molar-refractivity contribution in [2.45, 2.75) is 40.2 Å². The first-order chi connectivity index (χ1) is 6.31. The maximum atomic E-state index is 5.84. The van der Waals surface area contributed by atoms with E-state index in [4.69, 9.17) is 17.3 Å². The first-order valence-electron chi connectivity index (χ1n) is 4.80. The minimum absolute atomic E-state index is 0.268. The Morgan fingerprint density at radius 3 is 2.50 bits per heavy atom. The Bertz CT molecular complexity index is 312. The summed E-state index contributed by atoms with van der Waals surface area (Å²) in [5.74, 6) is 0.559. The molecular formula is C10H18ClN3. The van der Waals surface area contributed by atoms with Crippen molar-refractivity contribution in [2.24, 2.45) is 5.41 Å². The van der Waals surface area contributed by atoms with E-state index in [1.54, 1.807) is 10.9 Å². The Hall–Kier alpha value is -0.700. The molecule has 1 aromatic heterocycles. The van der Waals surface area contributed by atoms with Crippen molar-refractivity contribution in [1.29, 1.82) is 0 Å². The van der Waals surface area contributed by atoms with E-state index in [1.165, 1.54) is 0 Å². The molecule has 0 aromatic carbocycles. The summed E-state index contributed by atoms with van der Waals surface area (Å²) in [6.07, 6.45) is 2.62. The van der Waals surface area contributed by atoms with Crippen molar-refractivity contribution in [3.8, 4) is 0 Å². The summed E-state index contributed by atoms with van der Waals surface area (Å²) in [7, 11) is 0. The van der Waals surface area contributed by atoms with Gasteiger partial charge in [0.25, 0.3) is 0 Å². The van der Waals surface area contributed by atoms with Gasteiger partial charge in [-0.3, -0.25) is 0 Å². The summed E-state index contributed by atoms with van der Waals surface area (Å²) in [4.78, 5) is 0. The lowest BCUT2D eigenvalue weighted by atomic mass is 9.89. The average molecular weight is 216 g/mol. The predicted molar refractivity (Wildman–Crippen MR) is 60.4 cm³/mol. The van der Waals surface area contributed by atoms with Crippen LogP contribution >= 0.6 is 11.6 Å². The van der Waals surface area contributed by atoms with Crippen LogP contribution in [-0.2, 0) is 0 Å². The molecule has 0 aliphatic heterocycles. The fourth-order valence-corrected chi connectivity index (χ4v) is 1.80. The van der Waals surface area contributed by atoms with E-state index in [1.807, 2.05) is 0 Å². The van der Waals surface area contributed by atoms with Crippen molar-refractivity contribution in [3.05, 3.63) is 11.2 Å². The maximum absolute atomic E-state index is 5.84. The zero-order valence-electron chi connectivity index (χ0n) is 9.21. The van der Waals surface area contributed by atoms with E-state index in [-0.39, 0.29) is 11.5 Å². The van der Waals surface area contributed by atoms with Gasteiger partial charge in [0.05, 0.1) is 12.2 Å². The Labute approximate surface area is 90.2 Å². The molecular weight excluding hydrogens is 198 g/mol. The van der Waals surface area contributed by atoms with Gasteiger partial charge in [-0.05, 0) is 18.8 Å². The van der Waals surface area contributed by atoms with E-state index < -0.39 is 0 Å². The van der Waals surface area contributed by atoms with Crippen molar-refractivity contribution in [1.82, 2.24) is 9.78 Å². The Morgan fingerprint density at radius 2 is 2.14 bits per heavy atom. The van der Waals surface area contributed by atoms with Gasteiger partial charge < -0.3 is 5.73 Å². The van der Waals surface area contributed by atoms with Crippen LogP contribution in [0.1, 0.15) is 40.2 Å². The standard InChI is InChI=1S/C10H18ClN3/c1-7(5-10(2,3)4)14-9(12)8(11)6-13-14/h6-7H,5,12H2,1-4H3. The second kappa shape index (κ2) is 3.81. The van der Waals surface area contributed by atoms with Gasteiger partial charge in [0.15, 0.2) is 0 Å². The molecule has 0 spiro atoms. The lowest BCUT2D eigenvalue weighted by Crippen LogP contribution is -2.17. The number of halogens is 1. The number of nitrogens with two attached hydrogens (primary N) is 1. The number of aromatic nitrogens is 2. The lowest BCUT2D eigenvalue weighted by Gasteiger charge is -2.24. The van der Waals surface area contributed by atoms with Crippen molar-refractivity contribution in [3.63, 3.8) is 0 Å². The van der Waals surface area contributed by atoms with Crippen LogP contribution in [0, 0.1) is 5.41 Å². The molecule has 1 heterocycles. The van der Waals surface area contributed by atoms with Crippen LogP contribution in [0.2, 0.25) is 5.02 Å². The van der Waals surface area contributed by atoms with Crippen LogP contribution in [0.3, 0.4) is 0 Å². The van der Waals surface area contributed by atoms with Gasteiger partial charge in [0.2, 0.25) is 0 Å². The molecule has 0 radical (unpaired) electrons. The van der Waals surface area contributed by atoms with E-state index in [9.17, 15) is 0 Å². The molecule has 0 aliphatic rings. The van der Waals surface area contributed by atoms with E-state index in [0.717, 1.165) is 6.42 Å². The normalized spacial score (nSPS) is 14.4. The first-order valence-corrected chi connectivity index (χ1v) is 5.17. The largest absolute Gasteiger partial charge is 0.383 e. The molecule has 2 N–H and O–H groups in total. The maximum Gasteiger partial charge on any atom is 0.140 e. The molecule has 80 valence electrons. The van der Waals surface area contributed by atoms with Gasteiger partial charge in [-0.15, -0.1) is 0 Å². The van der Waals surface area contributed by atoms with Crippen molar-refractivity contribution < 1.29 is 0 Å². The minimum atomic E-state index is 0.268. The quantitative estimate of drug-likeness (QED) is 0.824. The fraction of sp³-hybridized carbons (Fsp3) is 0.700. The Kier molecular flexibility index (Phi) is 3.10. The lowest BCUT2D eigenvalue weighted by molar-refractivity contribution is 0.295. The zero-order chi connectivity index (χ0) is 10.9. The summed E-state index contributed by atoms with van der Waals surface area (Å²) in [5.41, 5.74) is 6.06. The number of nitrogen functional groups attached to an aromatic ring is 1. The van der Waals surface area contributed by atoms with Crippen LogP contribution in [-0.4, -0.2) is 9.78 Å². The molecule has 3 nitrogen and oxygen atoms in total. The SMILES string of the molecule is CC(CC(C)(C)C)n1ncc(Cl)c1N. The van der Waals surface area contributed by atoms with Crippen LogP contribution < -0.4 is 5.73 Å². The number of nitrogens with zero attached hydrogens (tertiary/aromatic N) is 2. The molecule has 0 saturated carbocycles. The Morgan fingerprint density at radius 1 is 1.57 bits per heavy atom. The summed E-state index contributed by atoms with van der Waals surface area (Å²) in [6, 6.07) is 0.280. The fourth-order valence-electron chi connectivity index (χ4n) is 1.67. The number of hydrogen-bond donors (Lipinski definition) is 1. The molecule has 1 atom stereocenters.